The molecule has 2 atom stereocenters. The Morgan fingerprint density at radius 2 is 1.38 bits per heavy atom. The van der Waals surface area contributed by atoms with E-state index in [-0.39, 0.29) is 11.8 Å². The first-order valence-corrected chi connectivity index (χ1v) is 9.48. The second kappa shape index (κ2) is 7.89. The number of ether oxygens (including phenoxy) is 1. The number of amides is 2. The van der Waals surface area contributed by atoms with Gasteiger partial charge in [-0.05, 0) is 42.3 Å². The summed E-state index contributed by atoms with van der Waals surface area (Å²) in [6.07, 6.45) is -1.000. The van der Waals surface area contributed by atoms with Crippen molar-refractivity contribution >= 4 is 11.8 Å². The standard InChI is InChI=1S/C24H21NO4/c1-16(25-23(27)20-9-5-6-10-21(20)24(25)28)22(26)18-11-13-19(14-12-18)29-15-17-7-3-2-4-8-17/h2-14,16,22,26H,15H2,1H3/t16-,22+/m1/s1. The summed E-state index contributed by atoms with van der Waals surface area (Å²) in [7, 11) is 0. The summed E-state index contributed by atoms with van der Waals surface area (Å²) in [5, 5.41) is 10.8. The molecule has 4 rings (SSSR count). The number of hydrogen-bond acceptors (Lipinski definition) is 4. The maximum atomic E-state index is 12.6. The molecule has 3 aromatic rings. The first-order valence-electron chi connectivity index (χ1n) is 9.48. The first-order chi connectivity index (χ1) is 14.1. The van der Waals surface area contributed by atoms with E-state index in [0.717, 1.165) is 10.5 Å². The molecule has 0 unspecified atom stereocenters. The van der Waals surface area contributed by atoms with Crippen molar-refractivity contribution < 1.29 is 19.4 Å². The number of carbonyl (C=O) groups excluding carboxylic acids is 2. The second-order valence-corrected chi connectivity index (χ2v) is 7.05. The SMILES string of the molecule is C[C@H]([C@H](O)c1ccc(OCc2ccccc2)cc1)N1C(=O)c2ccccc2C1=O. The van der Waals surface area contributed by atoms with E-state index >= 15 is 0 Å². The van der Waals surface area contributed by atoms with E-state index < -0.39 is 12.1 Å². The molecule has 0 bridgehead atoms. The van der Waals surface area contributed by atoms with Crippen molar-refractivity contribution in [2.45, 2.75) is 25.7 Å². The van der Waals surface area contributed by atoms with Crippen LogP contribution < -0.4 is 4.74 Å². The summed E-state index contributed by atoms with van der Waals surface area (Å²) < 4.78 is 5.76. The summed E-state index contributed by atoms with van der Waals surface area (Å²) in [5.74, 6) is -0.0712. The minimum atomic E-state index is -1.000. The van der Waals surface area contributed by atoms with E-state index in [0.29, 0.717) is 29.0 Å². The zero-order valence-corrected chi connectivity index (χ0v) is 16.0. The summed E-state index contributed by atoms with van der Waals surface area (Å²) >= 11 is 0. The fourth-order valence-corrected chi connectivity index (χ4v) is 3.50. The molecule has 5 heteroatoms. The molecular weight excluding hydrogens is 366 g/mol. The average molecular weight is 387 g/mol. The third kappa shape index (κ3) is 3.65. The molecule has 2 amide bonds. The van der Waals surface area contributed by atoms with Gasteiger partial charge in [0.25, 0.3) is 11.8 Å². The topological polar surface area (TPSA) is 66.8 Å². The number of fused-ring (bicyclic) bond motifs is 1. The molecular formula is C24H21NO4. The molecule has 0 radical (unpaired) electrons. The lowest BCUT2D eigenvalue weighted by Gasteiger charge is -2.27. The monoisotopic (exact) mass is 387 g/mol. The van der Waals surface area contributed by atoms with Gasteiger partial charge in [-0.25, -0.2) is 0 Å². The number of rotatable bonds is 6. The lowest BCUT2D eigenvalue weighted by atomic mass is 10.0. The van der Waals surface area contributed by atoms with Crippen LogP contribution in [0.2, 0.25) is 0 Å². The van der Waals surface area contributed by atoms with Gasteiger partial charge in [-0.1, -0.05) is 54.6 Å². The molecule has 5 nitrogen and oxygen atoms in total. The second-order valence-electron chi connectivity index (χ2n) is 7.05. The van der Waals surface area contributed by atoms with Gasteiger partial charge in [-0.15, -0.1) is 0 Å². The van der Waals surface area contributed by atoms with Crippen LogP contribution in [0.5, 0.6) is 5.75 Å². The highest BCUT2D eigenvalue weighted by molar-refractivity contribution is 6.21. The summed E-state index contributed by atoms with van der Waals surface area (Å²) in [4.78, 5) is 26.4. The van der Waals surface area contributed by atoms with Crippen LogP contribution in [-0.4, -0.2) is 27.9 Å². The van der Waals surface area contributed by atoms with Gasteiger partial charge >= 0.3 is 0 Å². The van der Waals surface area contributed by atoms with Crippen LogP contribution in [0.1, 0.15) is 44.9 Å². The molecule has 29 heavy (non-hydrogen) atoms. The van der Waals surface area contributed by atoms with Crippen molar-refractivity contribution in [1.29, 1.82) is 0 Å². The first kappa shape index (κ1) is 18.9. The highest BCUT2D eigenvalue weighted by atomic mass is 16.5. The molecule has 0 fully saturated rings. The third-order valence-electron chi connectivity index (χ3n) is 5.16. The number of aliphatic hydroxyl groups is 1. The van der Waals surface area contributed by atoms with Crippen LogP contribution in [0.25, 0.3) is 0 Å². The Kier molecular flexibility index (Phi) is 5.14. The molecule has 0 spiro atoms. The van der Waals surface area contributed by atoms with Crippen molar-refractivity contribution in [2.75, 3.05) is 0 Å². The molecule has 0 saturated heterocycles. The Hall–Kier alpha value is -3.44. The number of benzene rings is 3. The molecule has 1 aliphatic heterocycles. The number of aliphatic hydroxyl groups excluding tert-OH is 1. The van der Waals surface area contributed by atoms with Crippen LogP contribution in [0.3, 0.4) is 0 Å². The van der Waals surface area contributed by atoms with Crippen LogP contribution in [0.15, 0.2) is 78.9 Å². The van der Waals surface area contributed by atoms with Gasteiger partial charge in [-0.3, -0.25) is 14.5 Å². The van der Waals surface area contributed by atoms with Gasteiger partial charge in [0.15, 0.2) is 0 Å². The number of nitrogens with zero attached hydrogens (tertiary/aromatic N) is 1. The van der Waals surface area contributed by atoms with Gasteiger partial charge in [0.1, 0.15) is 12.4 Å². The third-order valence-corrected chi connectivity index (χ3v) is 5.16. The molecule has 0 aliphatic carbocycles. The van der Waals surface area contributed by atoms with Crippen molar-refractivity contribution in [1.82, 2.24) is 4.90 Å². The Bertz CT molecular complexity index is 995. The number of imide groups is 1. The predicted octanol–water partition coefficient (Wildman–Crippen LogP) is 3.98. The van der Waals surface area contributed by atoms with Crippen LogP contribution in [0.4, 0.5) is 0 Å². The van der Waals surface area contributed by atoms with Gasteiger partial charge in [0.05, 0.1) is 23.3 Å². The van der Waals surface area contributed by atoms with Crippen molar-refractivity contribution in [3.63, 3.8) is 0 Å². The molecule has 1 aliphatic rings. The van der Waals surface area contributed by atoms with Crippen molar-refractivity contribution in [2.24, 2.45) is 0 Å². The van der Waals surface area contributed by atoms with E-state index in [1.54, 1.807) is 55.5 Å². The Labute approximate surface area is 169 Å². The zero-order chi connectivity index (χ0) is 20.4. The Morgan fingerprint density at radius 3 is 1.97 bits per heavy atom. The quantitative estimate of drug-likeness (QED) is 0.650. The van der Waals surface area contributed by atoms with Gasteiger partial charge in [0, 0.05) is 0 Å². The highest BCUT2D eigenvalue weighted by Crippen LogP contribution is 2.30. The predicted molar refractivity (Wildman–Crippen MR) is 109 cm³/mol. The molecule has 0 aromatic heterocycles. The fourth-order valence-electron chi connectivity index (χ4n) is 3.50. The summed E-state index contributed by atoms with van der Waals surface area (Å²) in [6, 6.07) is 22.9. The molecule has 0 saturated carbocycles. The summed E-state index contributed by atoms with van der Waals surface area (Å²) in [5.41, 5.74) is 2.43. The van der Waals surface area contributed by atoms with E-state index in [2.05, 4.69) is 0 Å². The van der Waals surface area contributed by atoms with E-state index in [1.807, 2.05) is 30.3 Å². The van der Waals surface area contributed by atoms with E-state index in [9.17, 15) is 14.7 Å². The van der Waals surface area contributed by atoms with Crippen LogP contribution >= 0.6 is 0 Å². The molecule has 1 heterocycles. The maximum Gasteiger partial charge on any atom is 0.261 e. The lowest BCUT2D eigenvalue weighted by molar-refractivity contribution is 0.0376. The normalized spacial score (nSPS) is 15.2. The van der Waals surface area contributed by atoms with Gasteiger partial charge in [0.2, 0.25) is 0 Å². The average Bonchev–Trinajstić information content (AvgIpc) is 3.03. The largest absolute Gasteiger partial charge is 0.489 e. The minimum Gasteiger partial charge on any atom is -0.489 e. The fraction of sp³-hybridized carbons (Fsp3) is 0.167. The highest BCUT2D eigenvalue weighted by Gasteiger charge is 2.40. The smallest absolute Gasteiger partial charge is 0.261 e. The Balaban J connectivity index is 1.45. The molecule has 1 N–H and O–H groups in total. The van der Waals surface area contributed by atoms with Crippen LogP contribution in [0, 0.1) is 0 Å². The van der Waals surface area contributed by atoms with Gasteiger partial charge < -0.3 is 9.84 Å². The lowest BCUT2D eigenvalue weighted by Crippen LogP contribution is -2.41. The minimum absolute atomic E-state index is 0.375. The summed E-state index contributed by atoms with van der Waals surface area (Å²) in [6.45, 7) is 2.13. The Morgan fingerprint density at radius 1 is 0.828 bits per heavy atom. The van der Waals surface area contributed by atoms with Gasteiger partial charge in [-0.2, -0.15) is 0 Å². The number of carbonyl (C=O) groups is 2. The van der Waals surface area contributed by atoms with E-state index in [4.69, 9.17) is 4.74 Å². The number of hydrogen-bond donors (Lipinski definition) is 1. The van der Waals surface area contributed by atoms with Crippen molar-refractivity contribution in [3.8, 4) is 5.75 Å². The maximum absolute atomic E-state index is 12.6. The van der Waals surface area contributed by atoms with E-state index in [1.165, 1.54) is 0 Å². The van der Waals surface area contributed by atoms with Crippen LogP contribution in [-0.2, 0) is 6.61 Å². The molecule has 3 aromatic carbocycles. The zero-order valence-electron chi connectivity index (χ0n) is 16.0. The molecule has 146 valence electrons. The van der Waals surface area contributed by atoms with Crippen molar-refractivity contribution in [3.05, 3.63) is 101 Å².